The molecule has 3 rings (SSSR count). The third-order valence-electron chi connectivity index (χ3n) is 4.22. The molecule has 3 aromatic rings. The fourth-order valence-electron chi connectivity index (χ4n) is 2.80. The molecule has 1 aromatic heterocycles. The summed E-state index contributed by atoms with van der Waals surface area (Å²) in [5.41, 5.74) is 5.54. The highest BCUT2D eigenvalue weighted by Gasteiger charge is 2.04. The van der Waals surface area contributed by atoms with E-state index in [1.165, 1.54) is 0 Å². The minimum Gasteiger partial charge on any atom is -0.355 e. The molecule has 26 heavy (non-hydrogen) atoms. The van der Waals surface area contributed by atoms with E-state index in [9.17, 15) is 4.79 Å². The highest BCUT2D eigenvalue weighted by molar-refractivity contribution is 5.68. The number of nitrogens with zero attached hydrogens (tertiary/aromatic N) is 1. The van der Waals surface area contributed by atoms with Gasteiger partial charge < -0.3 is 15.6 Å². The van der Waals surface area contributed by atoms with Crippen molar-refractivity contribution in [3.05, 3.63) is 66.1 Å². The Bertz CT molecular complexity index is 822. The Balaban J connectivity index is 1.67. The molecule has 1 amide bonds. The van der Waals surface area contributed by atoms with E-state index < -0.39 is 0 Å². The van der Waals surface area contributed by atoms with Crippen LogP contribution in [0.25, 0.3) is 22.4 Å². The molecule has 0 fully saturated rings. The molecule has 0 bridgehead atoms. The Hall–Kier alpha value is -2.92. The Morgan fingerprint density at radius 2 is 1.62 bits per heavy atom. The molecule has 0 radical (unpaired) electrons. The van der Waals surface area contributed by atoms with Crippen molar-refractivity contribution in [1.29, 1.82) is 0 Å². The Morgan fingerprint density at radius 1 is 0.962 bits per heavy atom. The van der Waals surface area contributed by atoms with Gasteiger partial charge in [-0.05, 0) is 35.2 Å². The normalized spacial score (nSPS) is 10.7. The van der Waals surface area contributed by atoms with E-state index in [1.807, 2.05) is 18.3 Å². The van der Waals surface area contributed by atoms with Gasteiger partial charge in [-0.25, -0.2) is 4.98 Å². The third kappa shape index (κ3) is 4.58. The van der Waals surface area contributed by atoms with Gasteiger partial charge in [-0.3, -0.25) is 4.79 Å². The van der Waals surface area contributed by atoms with Crippen molar-refractivity contribution < 1.29 is 4.79 Å². The molecule has 5 nitrogen and oxygen atoms in total. The highest BCUT2D eigenvalue weighted by Crippen LogP contribution is 2.24. The summed E-state index contributed by atoms with van der Waals surface area (Å²) in [5, 5.41) is 6.02. The van der Waals surface area contributed by atoms with Crippen LogP contribution in [0.3, 0.4) is 0 Å². The summed E-state index contributed by atoms with van der Waals surface area (Å²) in [5.74, 6) is 0.956. The minimum atomic E-state index is 0.554. The maximum Gasteiger partial charge on any atom is 0.207 e. The first-order valence-electron chi connectivity index (χ1n) is 8.91. The topological polar surface area (TPSA) is 69.8 Å². The number of hydrogen-bond acceptors (Lipinski definition) is 3. The van der Waals surface area contributed by atoms with Crippen molar-refractivity contribution in [2.45, 2.75) is 26.4 Å². The summed E-state index contributed by atoms with van der Waals surface area (Å²) in [6.45, 7) is 4.46. The van der Waals surface area contributed by atoms with Gasteiger partial charge in [0.05, 0.1) is 18.4 Å². The monoisotopic (exact) mass is 348 g/mol. The number of hydrogen-bond donors (Lipinski definition) is 3. The number of aromatic nitrogens is 2. The fourth-order valence-corrected chi connectivity index (χ4v) is 2.80. The summed E-state index contributed by atoms with van der Waals surface area (Å²) >= 11 is 0. The quantitative estimate of drug-likeness (QED) is 0.409. The molecule has 0 atom stereocenters. The van der Waals surface area contributed by atoms with Crippen molar-refractivity contribution in [2.75, 3.05) is 6.54 Å². The number of aromatic amines is 1. The standard InChI is InChI=1S/C21H24N4O/c1-2-11-22-14-21-24-13-20(25-21)19-9-7-18(8-10-19)17-5-3-16(4-6-17)12-23-15-26/h3-10,13,15,22H,2,11-12,14H2,1H3,(H,23,26)(H,24,25). The van der Waals surface area contributed by atoms with Crippen LogP contribution in [-0.4, -0.2) is 22.9 Å². The maximum absolute atomic E-state index is 10.4. The molecule has 2 aromatic carbocycles. The highest BCUT2D eigenvalue weighted by atomic mass is 16.1. The van der Waals surface area contributed by atoms with Gasteiger partial charge in [-0.15, -0.1) is 0 Å². The molecule has 0 saturated carbocycles. The SMILES string of the molecule is CCCNCc1ncc(-c2ccc(-c3ccc(CNC=O)cc3)cc2)[nH]1. The van der Waals surface area contributed by atoms with Gasteiger partial charge in [0.15, 0.2) is 0 Å². The number of benzene rings is 2. The lowest BCUT2D eigenvalue weighted by molar-refractivity contribution is -0.109. The largest absolute Gasteiger partial charge is 0.355 e. The summed E-state index contributed by atoms with van der Waals surface area (Å²) in [6, 6.07) is 16.7. The van der Waals surface area contributed by atoms with E-state index in [-0.39, 0.29) is 0 Å². The lowest BCUT2D eigenvalue weighted by atomic mass is 10.0. The second-order valence-corrected chi connectivity index (χ2v) is 6.19. The van der Waals surface area contributed by atoms with Crippen molar-refractivity contribution >= 4 is 6.41 Å². The van der Waals surface area contributed by atoms with Gasteiger partial charge in [0.2, 0.25) is 6.41 Å². The van der Waals surface area contributed by atoms with Crippen LogP contribution in [0.2, 0.25) is 0 Å². The average molecular weight is 348 g/mol. The van der Waals surface area contributed by atoms with Crippen molar-refractivity contribution in [1.82, 2.24) is 20.6 Å². The molecule has 1 heterocycles. The Kier molecular flexibility index (Phi) is 6.17. The van der Waals surface area contributed by atoms with E-state index in [0.29, 0.717) is 13.0 Å². The lowest BCUT2D eigenvalue weighted by Crippen LogP contribution is -2.14. The van der Waals surface area contributed by atoms with Gasteiger partial charge in [-0.2, -0.15) is 0 Å². The summed E-state index contributed by atoms with van der Waals surface area (Å²) < 4.78 is 0. The van der Waals surface area contributed by atoms with Crippen LogP contribution in [0.15, 0.2) is 54.7 Å². The van der Waals surface area contributed by atoms with Crippen LogP contribution >= 0.6 is 0 Å². The number of imidazole rings is 1. The van der Waals surface area contributed by atoms with E-state index in [4.69, 9.17) is 0 Å². The molecule has 0 unspecified atom stereocenters. The number of nitrogens with one attached hydrogen (secondary N) is 3. The lowest BCUT2D eigenvalue weighted by Gasteiger charge is -2.05. The predicted octanol–water partition coefficient (Wildman–Crippen LogP) is 3.49. The summed E-state index contributed by atoms with van der Waals surface area (Å²) in [7, 11) is 0. The van der Waals surface area contributed by atoms with Gasteiger partial charge in [0, 0.05) is 6.54 Å². The summed E-state index contributed by atoms with van der Waals surface area (Å²) in [6.07, 6.45) is 3.71. The van der Waals surface area contributed by atoms with Crippen LogP contribution in [-0.2, 0) is 17.9 Å². The predicted molar refractivity (Wildman–Crippen MR) is 104 cm³/mol. The molecule has 134 valence electrons. The fraction of sp³-hybridized carbons (Fsp3) is 0.238. The minimum absolute atomic E-state index is 0.554. The van der Waals surface area contributed by atoms with E-state index >= 15 is 0 Å². The molecule has 0 aliphatic carbocycles. The van der Waals surface area contributed by atoms with Gasteiger partial charge in [0.1, 0.15) is 5.82 Å². The van der Waals surface area contributed by atoms with Crippen molar-refractivity contribution in [2.24, 2.45) is 0 Å². The molecule has 0 saturated heterocycles. The number of rotatable bonds is 9. The molecular weight excluding hydrogens is 324 g/mol. The average Bonchev–Trinajstić information content (AvgIpc) is 3.16. The first-order chi connectivity index (χ1) is 12.8. The van der Waals surface area contributed by atoms with Crippen LogP contribution in [0.5, 0.6) is 0 Å². The second-order valence-electron chi connectivity index (χ2n) is 6.19. The number of H-pyrrole nitrogens is 1. The van der Waals surface area contributed by atoms with Crippen LogP contribution in [0, 0.1) is 0 Å². The van der Waals surface area contributed by atoms with Gasteiger partial charge in [0.25, 0.3) is 0 Å². The van der Waals surface area contributed by atoms with Crippen molar-refractivity contribution in [3.63, 3.8) is 0 Å². The first-order valence-corrected chi connectivity index (χ1v) is 8.91. The molecule has 0 aliphatic heterocycles. The van der Waals surface area contributed by atoms with E-state index in [0.717, 1.165) is 53.3 Å². The Labute approximate surface area is 153 Å². The molecule has 0 aliphatic rings. The zero-order chi connectivity index (χ0) is 18.2. The van der Waals surface area contributed by atoms with Crippen LogP contribution in [0.1, 0.15) is 24.7 Å². The second kappa shape index (κ2) is 8.97. The van der Waals surface area contributed by atoms with Crippen molar-refractivity contribution in [3.8, 4) is 22.4 Å². The zero-order valence-corrected chi connectivity index (χ0v) is 15.0. The number of carbonyl (C=O) groups is 1. The Morgan fingerprint density at radius 3 is 2.27 bits per heavy atom. The number of carbonyl (C=O) groups excluding carboxylic acids is 1. The van der Waals surface area contributed by atoms with Crippen LogP contribution < -0.4 is 10.6 Å². The van der Waals surface area contributed by atoms with Gasteiger partial charge in [-0.1, -0.05) is 55.5 Å². The molecular formula is C21H24N4O. The van der Waals surface area contributed by atoms with E-state index in [2.05, 4.69) is 63.9 Å². The van der Waals surface area contributed by atoms with E-state index in [1.54, 1.807) is 0 Å². The van der Waals surface area contributed by atoms with Gasteiger partial charge >= 0.3 is 0 Å². The molecule has 5 heteroatoms. The maximum atomic E-state index is 10.4. The van der Waals surface area contributed by atoms with Crippen LogP contribution in [0.4, 0.5) is 0 Å². The summed E-state index contributed by atoms with van der Waals surface area (Å²) in [4.78, 5) is 18.2. The first kappa shape index (κ1) is 17.9. The smallest absolute Gasteiger partial charge is 0.207 e. The third-order valence-corrected chi connectivity index (χ3v) is 4.22. The zero-order valence-electron chi connectivity index (χ0n) is 15.0. The molecule has 3 N–H and O–H groups in total. The molecule has 0 spiro atoms. The number of amides is 1.